The Hall–Kier alpha value is -1.58. The van der Waals surface area contributed by atoms with Crippen LogP contribution >= 0.6 is 12.4 Å². The normalized spacial score (nSPS) is 21.3. The molecule has 0 aromatic heterocycles. The Morgan fingerprint density at radius 1 is 1.04 bits per heavy atom. The summed E-state index contributed by atoms with van der Waals surface area (Å²) in [4.78, 5) is 14.7. The van der Waals surface area contributed by atoms with Crippen molar-refractivity contribution in [3.63, 3.8) is 0 Å². The van der Waals surface area contributed by atoms with Gasteiger partial charge >= 0.3 is 0 Å². The summed E-state index contributed by atoms with van der Waals surface area (Å²) in [6.45, 7) is 3.02. The molecule has 134 valence electrons. The molecule has 1 N–H and O–H groups in total. The first-order valence-electron chi connectivity index (χ1n) is 9.28. The number of piperidine rings is 1. The predicted octanol–water partition coefficient (Wildman–Crippen LogP) is 3.79. The van der Waals surface area contributed by atoms with E-state index < -0.39 is 0 Å². The van der Waals surface area contributed by atoms with Crippen molar-refractivity contribution in [1.29, 1.82) is 0 Å². The average Bonchev–Trinajstić information content (AvgIpc) is 3.16. The third-order valence-corrected chi connectivity index (χ3v) is 5.73. The van der Waals surface area contributed by atoms with Crippen LogP contribution in [0.2, 0.25) is 0 Å². The van der Waals surface area contributed by atoms with Gasteiger partial charge in [0.25, 0.3) is 0 Å². The molecular formula is C21H27ClN2O. The number of hydrogen-bond donors (Lipinski definition) is 1. The van der Waals surface area contributed by atoms with Crippen LogP contribution in [0.25, 0.3) is 10.8 Å². The molecule has 0 aliphatic carbocycles. The smallest absolute Gasteiger partial charge is 0.226 e. The molecule has 2 aromatic carbocycles. The molecule has 2 aliphatic heterocycles. The summed E-state index contributed by atoms with van der Waals surface area (Å²) in [5.74, 6) is 1.04. The highest BCUT2D eigenvalue weighted by Gasteiger charge is 2.29. The second kappa shape index (κ2) is 8.20. The Morgan fingerprint density at radius 2 is 1.80 bits per heavy atom. The van der Waals surface area contributed by atoms with E-state index in [1.165, 1.54) is 30.2 Å². The van der Waals surface area contributed by atoms with Crippen LogP contribution in [0.1, 0.15) is 31.2 Å². The van der Waals surface area contributed by atoms with E-state index in [1.54, 1.807) is 0 Å². The van der Waals surface area contributed by atoms with Crippen LogP contribution in [0.3, 0.4) is 0 Å². The third kappa shape index (κ3) is 4.16. The Kier molecular flexibility index (Phi) is 5.98. The van der Waals surface area contributed by atoms with Gasteiger partial charge in [-0.25, -0.2) is 0 Å². The van der Waals surface area contributed by atoms with Crippen molar-refractivity contribution >= 4 is 29.1 Å². The van der Waals surface area contributed by atoms with Crippen molar-refractivity contribution in [3.8, 4) is 0 Å². The van der Waals surface area contributed by atoms with Crippen LogP contribution in [0.15, 0.2) is 42.5 Å². The van der Waals surface area contributed by atoms with Gasteiger partial charge in [0.05, 0.1) is 6.42 Å². The topological polar surface area (TPSA) is 32.3 Å². The van der Waals surface area contributed by atoms with E-state index in [0.29, 0.717) is 12.5 Å². The van der Waals surface area contributed by atoms with E-state index in [0.717, 1.165) is 37.4 Å². The van der Waals surface area contributed by atoms with Crippen molar-refractivity contribution in [1.82, 2.24) is 10.2 Å². The Balaban J connectivity index is 0.00000182. The lowest BCUT2D eigenvalue weighted by Crippen LogP contribution is -2.43. The quantitative estimate of drug-likeness (QED) is 0.905. The average molecular weight is 359 g/mol. The molecule has 2 heterocycles. The summed E-state index contributed by atoms with van der Waals surface area (Å²) in [5.41, 5.74) is 1.12. The monoisotopic (exact) mass is 358 g/mol. The summed E-state index contributed by atoms with van der Waals surface area (Å²) in [6, 6.07) is 15.4. The van der Waals surface area contributed by atoms with Gasteiger partial charge in [0.15, 0.2) is 0 Å². The maximum absolute atomic E-state index is 12.6. The molecule has 3 nitrogen and oxygen atoms in total. The van der Waals surface area contributed by atoms with Crippen LogP contribution in [0.4, 0.5) is 0 Å². The fourth-order valence-corrected chi connectivity index (χ4v) is 4.30. The second-order valence-electron chi connectivity index (χ2n) is 7.28. The van der Waals surface area contributed by atoms with E-state index >= 15 is 0 Å². The molecule has 1 unspecified atom stereocenters. The number of halogens is 1. The molecule has 0 bridgehead atoms. The summed E-state index contributed by atoms with van der Waals surface area (Å²) in [6.07, 6.45) is 5.46. The van der Waals surface area contributed by atoms with Gasteiger partial charge in [-0.3, -0.25) is 4.79 Å². The highest BCUT2D eigenvalue weighted by atomic mass is 35.5. The van der Waals surface area contributed by atoms with Gasteiger partial charge in [-0.2, -0.15) is 0 Å². The first-order chi connectivity index (χ1) is 11.8. The predicted molar refractivity (Wildman–Crippen MR) is 105 cm³/mol. The molecule has 0 spiro atoms. The van der Waals surface area contributed by atoms with E-state index in [2.05, 4.69) is 52.7 Å². The zero-order chi connectivity index (χ0) is 16.4. The molecule has 1 amide bonds. The number of hydrogen-bond acceptors (Lipinski definition) is 2. The maximum Gasteiger partial charge on any atom is 0.226 e. The fraction of sp³-hybridized carbons (Fsp3) is 0.476. The van der Waals surface area contributed by atoms with Crippen LogP contribution in [-0.4, -0.2) is 36.5 Å². The van der Waals surface area contributed by atoms with Gasteiger partial charge in [-0.1, -0.05) is 42.5 Å². The third-order valence-electron chi connectivity index (χ3n) is 5.73. The number of amides is 1. The van der Waals surface area contributed by atoms with Gasteiger partial charge < -0.3 is 10.2 Å². The maximum atomic E-state index is 12.6. The minimum atomic E-state index is 0. The number of carbonyl (C=O) groups excluding carboxylic acids is 1. The number of carbonyl (C=O) groups is 1. The highest BCUT2D eigenvalue weighted by Crippen LogP contribution is 2.26. The fourth-order valence-electron chi connectivity index (χ4n) is 4.30. The van der Waals surface area contributed by atoms with E-state index in [9.17, 15) is 4.79 Å². The van der Waals surface area contributed by atoms with Crippen molar-refractivity contribution in [2.45, 2.75) is 38.1 Å². The molecule has 2 fully saturated rings. The van der Waals surface area contributed by atoms with Gasteiger partial charge in [0.1, 0.15) is 0 Å². The van der Waals surface area contributed by atoms with Crippen LogP contribution in [-0.2, 0) is 11.2 Å². The van der Waals surface area contributed by atoms with Gasteiger partial charge in [0.2, 0.25) is 5.91 Å². The lowest BCUT2D eigenvalue weighted by molar-refractivity contribution is -0.132. The molecular weight excluding hydrogens is 332 g/mol. The van der Waals surface area contributed by atoms with Crippen LogP contribution < -0.4 is 5.32 Å². The van der Waals surface area contributed by atoms with E-state index in [4.69, 9.17) is 0 Å². The van der Waals surface area contributed by atoms with E-state index in [1.807, 2.05) is 0 Å². The highest BCUT2D eigenvalue weighted by molar-refractivity contribution is 5.86. The summed E-state index contributed by atoms with van der Waals surface area (Å²) in [7, 11) is 0. The largest absolute Gasteiger partial charge is 0.342 e. The molecule has 0 saturated carbocycles. The lowest BCUT2D eigenvalue weighted by Gasteiger charge is -2.35. The Labute approximate surface area is 156 Å². The van der Waals surface area contributed by atoms with Crippen molar-refractivity contribution in [2.24, 2.45) is 5.92 Å². The first-order valence-corrected chi connectivity index (χ1v) is 9.28. The van der Waals surface area contributed by atoms with E-state index in [-0.39, 0.29) is 18.3 Å². The standard InChI is InChI=1S/C21H26N2O.ClH/c24-21(15-16-7-8-17-4-1-2-5-19(17)14-16)23-12-9-18(10-13-23)20-6-3-11-22-20;/h1-2,4-5,7-8,14,18,20,22H,3,6,9-13,15H2;1H. The summed E-state index contributed by atoms with van der Waals surface area (Å²) >= 11 is 0. The number of rotatable bonds is 3. The van der Waals surface area contributed by atoms with Crippen molar-refractivity contribution in [2.75, 3.05) is 19.6 Å². The van der Waals surface area contributed by atoms with Crippen molar-refractivity contribution < 1.29 is 4.79 Å². The second-order valence-corrected chi connectivity index (χ2v) is 7.28. The number of likely N-dealkylation sites (tertiary alicyclic amines) is 1. The number of fused-ring (bicyclic) bond motifs is 1. The molecule has 4 heteroatoms. The zero-order valence-electron chi connectivity index (χ0n) is 14.6. The minimum absolute atomic E-state index is 0. The minimum Gasteiger partial charge on any atom is -0.342 e. The van der Waals surface area contributed by atoms with Gasteiger partial charge in [-0.05, 0) is 54.5 Å². The first kappa shape index (κ1) is 18.2. The molecule has 1 atom stereocenters. The van der Waals surface area contributed by atoms with Gasteiger partial charge in [0, 0.05) is 19.1 Å². The number of nitrogens with zero attached hydrogens (tertiary/aromatic N) is 1. The molecule has 25 heavy (non-hydrogen) atoms. The molecule has 2 aliphatic rings. The summed E-state index contributed by atoms with van der Waals surface area (Å²) < 4.78 is 0. The number of nitrogens with one attached hydrogen (secondary N) is 1. The van der Waals surface area contributed by atoms with Crippen molar-refractivity contribution in [3.05, 3.63) is 48.0 Å². The van der Waals surface area contributed by atoms with Crippen LogP contribution in [0.5, 0.6) is 0 Å². The molecule has 4 rings (SSSR count). The Bertz CT molecular complexity index is 719. The molecule has 0 radical (unpaired) electrons. The lowest BCUT2D eigenvalue weighted by atomic mass is 9.88. The zero-order valence-corrected chi connectivity index (χ0v) is 15.4. The molecule has 2 aromatic rings. The number of benzene rings is 2. The molecule has 2 saturated heterocycles. The Morgan fingerprint density at radius 3 is 2.52 bits per heavy atom. The van der Waals surface area contributed by atoms with Crippen LogP contribution in [0, 0.1) is 5.92 Å². The summed E-state index contributed by atoms with van der Waals surface area (Å²) in [5, 5.41) is 6.08. The van der Waals surface area contributed by atoms with Gasteiger partial charge in [-0.15, -0.1) is 12.4 Å². The SMILES string of the molecule is Cl.O=C(Cc1ccc2ccccc2c1)N1CCC(C2CCCN2)CC1.